The van der Waals surface area contributed by atoms with Crippen LogP contribution in [-0.4, -0.2) is 28.9 Å². The van der Waals surface area contributed by atoms with Gasteiger partial charge in [-0.1, -0.05) is 0 Å². The summed E-state index contributed by atoms with van der Waals surface area (Å²) in [6, 6.07) is -0.0129. The number of likely N-dealkylation sites (tertiary alicyclic amines) is 1. The van der Waals surface area contributed by atoms with Crippen molar-refractivity contribution in [3.63, 3.8) is 0 Å². The van der Waals surface area contributed by atoms with E-state index < -0.39 is 0 Å². The SMILES string of the molecule is NCC(=O)N1CCCC1c1ncco1. The summed E-state index contributed by atoms with van der Waals surface area (Å²) in [4.78, 5) is 17.3. The molecule has 0 bridgehead atoms. The summed E-state index contributed by atoms with van der Waals surface area (Å²) in [5.41, 5.74) is 5.33. The highest BCUT2D eigenvalue weighted by Gasteiger charge is 2.31. The Bertz CT molecular complexity index is 310. The van der Waals surface area contributed by atoms with Gasteiger partial charge in [0.2, 0.25) is 11.8 Å². The molecule has 0 aliphatic carbocycles. The summed E-state index contributed by atoms with van der Waals surface area (Å²) < 4.78 is 5.20. The largest absolute Gasteiger partial charge is 0.447 e. The third-order valence-corrected chi connectivity index (χ3v) is 2.48. The van der Waals surface area contributed by atoms with Gasteiger partial charge >= 0.3 is 0 Å². The van der Waals surface area contributed by atoms with Crippen molar-refractivity contribution in [2.75, 3.05) is 13.1 Å². The quantitative estimate of drug-likeness (QED) is 0.736. The van der Waals surface area contributed by atoms with Crippen LogP contribution < -0.4 is 5.73 Å². The maximum Gasteiger partial charge on any atom is 0.236 e. The number of amides is 1. The zero-order valence-electron chi connectivity index (χ0n) is 7.85. The van der Waals surface area contributed by atoms with Gasteiger partial charge in [0.15, 0.2) is 0 Å². The lowest BCUT2D eigenvalue weighted by atomic mass is 10.2. The van der Waals surface area contributed by atoms with E-state index in [1.807, 2.05) is 0 Å². The molecule has 1 amide bonds. The van der Waals surface area contributed by atoms with Crippen LogP contribution in [0.25, 0.3) is 0 Å². The first-order valence-electron chi connectivity index (χ1n) is 4.72. The number of carbonyl (C=O) groups is 1. The molecule has 2 N–H and O–H groups in total. The van der Waals surface area contributed by atoms with Gasteiger partial charge in [-0.25, -0.2) is 4.98 Å². The van der Waals surface area contributed by atoms with E-state index >= 15 is 0 Å². The van der Waals surface area contributed by atoms with E-state index in [4.69, 9.17) is 10.2 Å². The molecule has 14 heavy (non-hydrogen) atoms. The third-order valence-electron chi connectivity index (χ3n) is 2.48. The molecule has 0 spiro atoms. The average molecular weight is 195 g/mol. The molecule has 1 saturated heterocycles. The first kappa shape index (κ1) is 9.21. The van der Waals surface area contributed by atoms with Crippen LogP contribution in [-0.2, 0) is 4.79 Å². The van der Waals surface area contributed by atoms with Crippen LogP contribution in [0.15, 0.2) is 16.9 Å². The Morgan fingerprint density at radius 2 is 2.64 bits per heavy atom. The van der Waals surface area contributed by atoms with Crippen LogP contribution in [0.5, 0.6) is 0 Å². The van der Waals surface area contributed by atoms with Gasteiger partial charge in [0.05, 0.1) is 12.7 Å². The van der Waals surface area contributed by atoms with Crippen molar-refractivity contribution in [3.8, 4) is 0 Å². The Labute approximate surface area is 81.9 Å². The summed E-state index contributed by atoms with van der Waals surface area (Å²) in [6.07, 6.45) is 5.02. The van der Waals surface area contributed by atoms with Crippen LogP contribution in [0, 0.1) is 0 Å². The molecule has 5 heteroatoms. The van der Waals surface area contributed by atoms with Gasteiger partial charge in [0.1, 0.15) is 12.3 Å². The van der Waals surface area contributed by atoms with Crippen LogP contribution in [0.3, 0.4) is 0 Å². The van der Waals surface area contributed by atoms with Crippen molar-refractivity contribution >= 4 is 5.91 Å². The van der Waals surface area contributed by atoms with Gasteiger partial charge in [-0.3, -0.25) is 4.79 Å². The lowest BCUT2D eigenvalue weighted by molar-refractivity contribution is -0.130. The predicted molar refractivity (Wildman–Crippen MR) is 49.2 cm³/mol. The topological polar surface area (TPSA) is 72.4 Å². The summed E-state index contributed by atoms with van der Waals surface area (Å²) in [5, 5.41) is 0. The van der Waals surface area contributed by atoms with Gasteiger partial charge in [0, 0.05) is 6.54 Å². The number of oxazole rings is 1. The minimum absolute atomic E-state index is 0.0129. The second-order valence-corrected chi connectivity index (χ2v) is 3.32. The first-order chi connectivity index (χ1) is 6.83. The molecule has 0 radical (unpaired) electrons. The van der Waals surface area contributed by atoms with Crippen LogP contribution >= 0.6 is 0 Å². The summed E-state index contributed by atoms with van der Waals surface area (Å²) >= 11 is 0. The maximum absolute atomic E-state index is 11.5. The smallest absolute Gasteiger partial charge is 0.236 e. The molecule has 0 saturated carbocycles. The molecule has 1 unspecified atom stereocenters. The standard InChI is InChI=1S/C9H13N3O2/c10-6-8(13)12-4-1-2-7(12)9-11-3-5-14-9/h3,5,7H,1-2,4,6,10H2. The number of rotatable bonds is 2. The van der Waals surface area contributed by atoms with Gasteiger partial charge in [-0.2, -0.15) is 0 Å². The lowest BCUT2D eigenvalue weighted by Gasteiger charge is -2.21. The molecule has 1 aromatic heterocycles. The molecular weight excluding hydrogens is 182 g/mol. The van der Waals surface area contributed by atoms with Crippen molar-refractivity contribution in [1.29, 1.82) is 0 Å². The molecule has 5 nitrogen and oxygen atoms in total. The van der Waals surface area contributed by atoms with Gasteiger partial charge in [-0.15, -0.1) is 0 Å². The van der Waals surface area contributed by atoms with Crippen molar-refractivity contribution in [2.24, 2.45) is 5.73 Å². The predicted octanol–water partition coefficient (Wildman–Crippen LogP) is 0.297. The highest BCUT2D eigenvalue weighted by molar-refractivity contribution is 5.78. The van der Waals surface area contributed by atoms with E-state index in [9.17, 15) is 4.79 Å². The Hall–Kier alpha value is -1.36. The number of nitrogens with zero attached hydrogens (tertiary/aromatic N) is 2. The van der Waals surface area contributed by atoms with Crippen molar-refractivity contribution < 1.29 is 9.21 Å². The van der Waals surface area contributed by atoms with E-state index in [0.29, 0.717) is 5.89 Å². The monoisotopic (exact) mass is 195 g/mol. The van der Waals surface area contributed by atoms with E-state index in [-0.39, 0.29) is 18.5 Å². The normalized spacial score (nSPS) is 21.5. The van der Waals surface area contributed by atoms with Crippen molar-refractivity contribution in [3.05, 3.63) is 18.4 Å². The molecular formula is C9H13N3O2. The number of nitrogens with two attached hydrogens (primary N) is 1. The van der Waals surface area contributed by atoms with E-state index in [1.54, 1.807) is 11.1 Å². The lowest BCUT2D eigenvalue weighted by Crippen LogP contribution is -2.35. The molecule has 2 rings (SSSR count). The summed E-state index contributed by atoms with van der Waals surface area (Å²) in [5.74, 6) is 0.579. The van der Waals surface area contributed by atoms with Gasteiger partial charge in [0.25, 0.3) is 0 Å². The molecule has 1 aromatic rings. The Balaban J connectivity index is 2.15. The highest BCUT2D eigenvalue weighted by Crippen LogP contribution is 2.30. The highest BCUT2D eigenvalue weighted by atomic mass is 16.3. The number of aromatic nitrogens is 1. The van der Waals surface area contributed by atoms with Gasteiger partial charge < -0.3 is 15.1 Å². The third kappa shape index (κ3) is 1.50. The Morgan fingerprint density at radius 1 is 1.79 bits per heavy atom. The Kier molecular flexibility index (Phi) is 2.49. The average Bonchev–Trinajstić information content (AvgIpc) is 2.85. The van der Waals surface area contributed by atoms with E-state index in [2.05, 4.69) is 4.98 Å². The number of hydrogen-bond acceptors (Lipinski definition) is 4. The fourth-order valence-electron chi connectivity index (χ4n) is 1.84. The van der Waals surface area contributed by atoms with Crippen molar-refractivity contribution in [1.82, 2.24) is 9.88 Å². The molecule has 1 fully saturated rings. The first-order valence-corrected chi connectivity index (χ1v) is 4.72. The number of hydrogen-bond donors (Lipinski definition) is 1. The second-order valence-electron chi connectivity index (χ2n) is 3.32. The minimum Gasteiger partial charge on any atom is -0.447 e. The Morgan fingerprint density at radius 3 is 3.29 bits per heavy atom. The molecule has 0 aromatic carbocycles. The van der Waals surface area contributed by atoms with Crippen LogP contribution in [0.2, 0.25) is 0 Å². The fourth-order valence-corrected chi connectivity index (χ4v) is 1.84. The van der Waals surface area contributed by atoms with Crippen LogP contribution in [0.4, 0.5) is 0 Å². The molecule has 1 aliphatic heterocycles. The van der Waals surface area contributed by atoms with Crippen LogP contribution in [0.1, 0.15) is 24.8 Å². The molecule has 1 atom stereocenters. The molecule has 1 aliphatic rings. The zero-order valence-corrected chi connectivity index (χ0v) is 7.85. The van der Waals surface area contributed by atoms with Gasteiger partial charge in [-0.05, 0) is 12.8 Å². The fraction of sp³-hybridized carbons (Fsp3) is 0.556. The number of carbonyl (C=O) groups excluding carboxylic acids is 1. The maximum atomic E-state index is 11.5. The molecule has 2 heterocycles. The van der Waals surface area contributed by atoms with E-state index in [1.165, 1.54) is 6.26 Å². The zero-order chi connectivity index (χ0) is 9.97. The van der Waals surface area contributed by atoms with Crippen molar-refractivity contribution in [2.45, 2.75) is 18.9 Å². The summed E-state index contributed by atoms with van der Waals surface area (Å²) in [6.45, 7) is 0.806. The molecule has 76 valence electrons. The minimum atomic E-state index is -0.0364. The van der Waals surface area contributed by atoms with E-state index in [0.717, 1.165) is 19.4 Å². The second kappa shape index (κ2) is 3.79. The summed E-state index contributed by atoms with van der Waals surface area (Å²) in [7, 11) is 0.